The topological polar surface area (TPSA) is 103 Å². The molecular weight excluding hydrogens is 423 g/mol. The molecule has 0 aromatic heterocycles. The second-order valence-corrected chi connectivity index (χ2v) is 8.39. The molecule has 7 nitrogen and oxygen atoms in total. The van der Waals surface area contributed by atoms with Crippen LogP contribution in [0.25, 0.3) is 0 Å². The van der Waals surface area contributed by atoms with Crippen LogP contribution in [0.15, 0.2) is 60.7 Å². The van der Waals surface area contributed by atoms with Gasteiger partial charge in [0.25, 0.3) is 0 Å². The van der Waals surface area contributed by atoms with Crippen molar-refractivity contribution in [2.45, 2.75) is 12.0 Å². The molecule has 0 saturated carbocycles. The van der Waals surface area contributed by atoms with Gasteiger partial charge in [0, 0.05) is 42.0 Å². The normalized spacial score (nSPS) is 19.5. The third-order valence-corrected chi connectivity index (χ3v) is 6.39. The van der Waals surface area contributed by atoms with Crippen molar-refractivity contribution in [2.24, 2.45) is 0 Å². The van der Waals surface area contributed by atoms with Crippen LogP contribution < -0.4 is 15.5 Å². The summed E-state index contributed by atoms with van der Waals surface area (Å²) in [5, 5.41) is 17.1. The highest BCUT2D eigenvalue weighted by Crippen LogP contribution is 2.50. The number of halogens is 1. The van der Waals surface area contributed by atoms with Crippen LogP contribution in [0.2, 0.25) is 0 Å². The number of hydrogen-bond donors (Lipinski definition) is 3. The van der Waals surface area contributed by atoms with Crippen molar-refractivity contribution >= 4 is 40.6 Å². The van der Waals surface area contributed by atoms with Crippen molar-refractivity contribution in [1.82, 2.24) is 0 Å². The number of ether oxygens (including phenoxy) is 1. The Hall–Kier alpha value is -3.91. The van der Waals surface area contributed by atoms with E-state index in [9.17, 15) is 14.3 Å². The molecule has 1 spiro atoms. The van der Waals surface area contributed by atoms with E-state index in [-0.39, 0.29) is 11.4 Å². The monoisotopic (exact) mass is 446 g/mol. The van der Waals surface area contributed by atoms with E-state index in [0.717, 1.165) is 29.2 Å². The molecule has 5 rings (SSSR count). The van der Waals surface area contributed by atoms with E-state index in [1.165, 1.54) is 18.3 Å². The van der Waals surface area contributed by atoms with Crippen molar-refractivity contribution in [1.29, 1.82) is 5.41 Å². The van der Waals surface area contributed by atoms with E-state index in [1.807, 2.05) is 12.1 Å². The fourth-order valence-electron chi connectivity index (χ4n) is 4.75. The SMILES string of the molecule is N=Cc1cc2c(cc1N)N(c1ccc(C(=O)O)cc1)CC1(CCOC1)N2c1ccc(F)cc1. The van der Waals surface area contributed by atoms with Crippen molar-refractivity contribution in [3.8, 4) is 0 Å². The lowest BCUT2D eigenvalue weighted by Crippen LogP contribution is -2.57. The van der Waals surface area contributed by atoms with Gasteiger partial charge in [0.15, 0.2) is 0 Å². The lowest BCUT2D eigenvalue weighted by molar-refractivity contribution is 0.0697. The van der Waals surface area contributed by atoms with Crippen LogP contribution in [0.4, 0.5) is 32.8 Å². The molecule has 0 radical (unpaired) electrons. The number of nitrogens with zero attached hydrogens (tertiary/aromatic N) is 2. The Bertz CT molecular complexity index is 1220. The number of nitrogen functional groups attached to an aromatic ring is 1. The first-order chi connectivity index (χ1) is 15.9. The van der Waals surface area contributed by atoms with Crippen molar-refractivity contribution in [3.05, 3.63) is 77.6 Å². The molecule has 0 aliphatic carbocycles. The highest BCUT2D eigenvalue weighted by atomic mass is 19.1. The molecule has 0 amide bonds. The third-order valence-electron chi connectivity index (χ3n) is 6.39. The van der Waals surface area contributed by atoms with Crippen LogP contribution in [0, 0.1) is 11.2 Å². The molecular formula is C25H23FN4O3. The molecule has 2 aliphatic heterocycles. The number of hydrogen-bond acceptors (Lipinski definition) is 6. The Kier molecular flexibility index (Phi) is 5.02. The Morgan fingerprint density at radius 2 is 1.79 bits per heavy atom. The van der Waals surface area contributed by atoms with Crippen molar-refractivity contribution in [2.75, 3.05) is 35.3 Å². The van der Waals surface area contributed by atoms with Gasteiger partial charge >= 0.3 is 5.97 Å². The van der Waals surface area contributed by atoms with Crippen LogP contribution in [0.1, 0.15) is 22.3 Å². The van der Waals surface area contributed by atoms with Gasteiger partial charge in [-0.2, -0.15) is 0 Å². The van der Waals surface area contributed by atoms with Gasteiger partial charge in [0.2, 0.25) is 0 Å². The number of fused-ring (bicyclic) bond motifs is 1. The molecule has 1 saturated heterocycles. The number of carboxylic acids is 1. The summed E-state index contributed by atoms with van der Waals surface area (Å²) in [6, 6.07) is 16.8. The molecule has 168 valence electrons. The van der Waals surface area contributed by atoms with Gasteiger partial charge in [-0.25, -0.2) is 9.18 Å². The highest BCUT2D eigenvalue weighted by Gasteiger charge is 2.48. The summed E-state index contributed by atoms with van der Waals surface area (Å²) < 4.78 is 19.6. The zero-order valence-electron chi connectivity index (χ0n) is 17.8. The summed E-state index contributed by atoms with van der Waals surface area (Å²) in [5.41, 5.74) is 10.4. The maximum absolute atomic E-state index is 13.7. The third kappa shape index (κ3) is 3.48. The summed E-state index contributed by atoms with van der Waals surface area (Å²) in [6.45, 7) is 1.62. The Balaban J connectivity index is 1.72. The van der Waals surface area contributed by atoms with E-state index < -0.39 is 11.5 Å². The maximum Gasteiger partial charge on any atom is 0.335 e. The van der Waals surface area contributed by atoms with E-state index >= 15 is 0 Å². The number of nitrogens with two attached hydrogens (primary N) is 1. The fourth-order valence-corrected chi connectivity index (χ4v) is 4.75. The first-order valence-electron chi connectivity index (χ1n) is 10.6. The average molecular weight is 446 g/mol. The lowest BCUT2D eigenvalue weighted by atomic mass is 9.88. The summed E-state index contributed by atoms with van der Waals surface area (Å²) in [7, 11) is 0. The number of benzene rings is 3. The zero-order chi connectivity index (χ0) is 23.2. The highest BCUT2D eigenvalue weighted by molar-refractivity contribution is 5.95. The number of anilines is 5. The number of rotatable bonds is 4. The largest absolute Gasteiger partial charge is 0.478 e. The minimum absolute atomic E-state index is 0.210. The fraction of sp³-hybridized carbons (Fsp3) is 0.200. The molecule has 1 atom stereocenters. The van der Waals surface area contributed by atoms with E-state index in [0.29, 0.717) is 31.0 Å². The second-order valence-electron chi connectivity index (χ2n) is 8.39. The second kappa shape index (κ2) is 7.90. The van der Waals surface area contributed by atoms with Crippen molar-refractivity contribution < 1.29 is 19.0 Å². The quantitative estimate of drug-likeness (QED) is 0.401. The van der Waals surface area contributed by atoms with Crippen LogP contribution >= 0.6 is 0 Å². The Morgan fingerprint density at radius 1 is 1.09 bits per heavy atom. The van der Waals surface area contributed by atoms with Gasteiger partial charge in [-0.1, -0.05) is 0 Å². The van der Waals surface area contributed by atoms with E-state index in [1.54, 1.807) is 36.4 Å². The van der Waals surface area contributed by atoms with E-state index in [4.69, 9.17) is 15.9 Å². The number of carbonyl (C=O) groups is 1. The smallest absolute Gasteiger partial charge is 0.335 e. The summed E-state index contributed by atoms with van der Waals surface area (Å²) in [6.07, 6.45) is 1.97. The van der Waals surface area contributed by atoms with Gasteiger partial charge in [-0.3, -0.25) is 0 Å². The van der Waals surface area contributed by atoms with Crippen LogP contribution in [0.5, 0.6) is 0 Å². The molecule has 1 fully saturated rings. The molecule has 1 unspecified atom stereocenters. The molecule has 2 heterocycles. The molecule has 8 heteroatoms. The van der Waals surface area contributed by atoms with E-state index in [2.05, 4.69) is 9.80 Å². The molecule has 2 aliphatic rings. The van der Waals surface area contributed by atoms with Crippen LogP contribution in [-0.2, 0) is 4.74 Å². The standard InChI is InChI=1S/C25H23FN4O3/c26-18-3-7-20(8-4-18)30-23-11-17(13-27)21(28)12-22(23)29(14-25(30)9-10-33-15-25)19-5-1-16(2-6-19)24(31)32/h1-8,11-13,27H,9-10,14-15,28H2,(H,31,32). The predicted molar refractivity (Wildman–Crippen MR) is 126 cm³/mol. The minimum atomic E-state index is -0.983. The Labute approximate surface area is 190 Å². The minimum Gasteiger partial charge on any atom is -0.478 e. The number of nitrogens with one attached hydrogen (secondary N) is 1. The summed E-state index contributed by atoms with van der Waals surface area (Å²) in [5.74, 6) is -1.30. The van der Waals surface area contributed by atoms with Crippen LogP contribution in [0.3, 0.4) is 0 Å². The first-order valence-corrected chi connectivity index (χ1v) is 10.6. The zero-order valence-corrected chi connectivity index (χ0v) is 17.8. The van der Waals surface area contributed by atoms with Gasteiger partial charge in [0.1, 0.15) is 5.82 Å². The number of carboxylic acid groups (broad SMARTS) is 1. The summed E-state index contributed by atoms with van der Waals surface area (Å²) in [4.78, 5) is 15.6. The molecule has 0 bridgehead atoms. The molecule has 4 N–H and O–H groups in total. The van der Waals surface area contributed by atoms with Gasteiger partial charge in [-0.15, -0.1) is 0 Å². The molecule has 3 aromatic rings. The predicted octanol–water partition coefficient (Wildman–Crippen LogP) is 4.55. The first kappa shape index (κ1) is 21.0. The van der Waals surface area contributed by atoms with Crippen molar-refractivity contribution in [3.63, 3.8) is 0 Å². The van der Waals surface area contributed by atoms with Gasteiger partial charge in [-0.05, 0) is 67.1 Å². The van der Waals surface area contributed by atoms with Gasteiger partial charge in [0.05, 0.1) is 29.1 Å². The number of aromatic carboxylic acids is 1. The lowest BCUT2D eigenvalue weighted by Gasteiger charge is -2.51. The Morgan fingerprint density at radius 3 is 2.39 bits per heavy atom. The molecule has 3 aromatic carbocycles. The van der Waals surface area contributed by atoms with Crippen LogP contribution in [-0.4, -0.2) is 42.6 Å². The maximum atomic E-state index is 13.7. The average Bonchev–Trinajstić information content (AvgIpc) is 3.28. The van der Waals surface area contributed by atoms with Gasteiger partial charge < -0.3 is 30.8 Å². The molecule has 33 heavy (non-hydrogen) atoms. The summed E-state index contributed by atoms with van der Waals surface area (Å²) >= 11 is 0.